The topological polar surface area (TPSA) is 77.8 Å². The second-order valence-electron chi connectivity index (χ2n) is 8.86. The largest absolute Gasteiger partial charge is 0.457 e. The fourth-order valence-corrected chi connectivity index (χ4v) is 5.08. The molecule has 1 aromatic heterocycles. The molecule has 1 saturated heterocycles. The van der Waals surface area contributed by atoms with Gasteiger partial charge in [0, 0.05) is 49.9 Å². The van der Waals surface area contributed by atoms with E-state index in [2.05, 4.69) is 15.5 Å². The quantitative estimate of drug-likeness (QED) is 0.226. The molecule has 39 heavy (non-hydrogen) atoms. The lowest BCUT2D eigenvalue weighted by Gasteiger charge is -2.36. The lowest BCUT2D eigenvalue weighted by molar-refractivity contribution is -0.131. The zero-order chi connectivity index (χ0) is 27.9. The van der Waals surface area contributed by atoms with Crippen molar-refractivity contribution in [2.45, 2.75) is 19.8 Å². The van der Waals surface area contributed by atoms with Gasteiger partial charge >= 0.3 is 0 Å². The zero-order valence-corrected chi connectivity index (χ0v) is 24.3. The van der Waals surface area contributed by atoms with Crippen LogP contribution in [-0.2, 0) is 9.59 Å². The first kappa shape index (κ1) is 29.0. The summed E-state index contributed by atoms with van der Waals surface area (Å²) in [7, 11) is 0. The molecule has 1 aliphatic heterocycles. The predicted octanol–water partition coefficient (Wildman–Crippen LogP) is 6.88. The number of nitrogens with one attached hydrogen (secondary N) is 2. The van der Waals surface area contributed by atoms with E-state index in [1.807, 2.05) is 24.0 Å². The van der Waals surface area contributed by atoms with Crippen LogP contribution < -0.4 is 15.5 Å². The summed E-state index contributed by atoms with van der Waals surface area (Å²) in [5.74, 6) is 0.772. The summed E-state index contributed by atoms with van der Waals surface area (Å²) in [6.07, 6.45) is 4.28. The number of benzene rings is 2. The van der Waals surface area contributed by atoms with Crippen LogP contribution in [0.4, 0.5) is 11.4 Å². The molecule has 7 nitrogen and oxygen atoms in total. The Morgan fingerprint density at radius 1 is 1.03 bits per heavy atom. The number of piperazine rings is 1. The van der Waals surface area contributed by atoms with E-state index in [1.54, 1.807) is 36.4 Å². The molecule has 3 aromatic rings. The lowest BCUT2D eigenvalue weighted by atomic mass is 10.2. The lowest BCUT2D eigenvalue weighted by Crippen LogP contribution is -2.48. The third kappa shape index (κ3) is 7.54. The highest BCUT2D eigenvalue weighted by Crippen LogP contribution is 2.34. The number of halogens is 3. The van der Waals surface area contributed by atoms with Crippen LogP contribution in [0.3, 0.4) is 0 Å². The van der Waals surface area contributed by atoms with Crippen molar-refractivity contribution < 1.29 is 14.0 Å². The molecule has 2 N–H and O–H groups in total. The summed E-state index contributed by atoms with van der Waals surface area (Å²) in [5.41, 5.74) is 2.19. The summed E-state index contributed by atoms with van der Waals surface area (Å²) >= 11 is 24.2. The van der Waals surface area contributed by atoms with Crippen molar-refractivity contribution in [2.75, 3.05) is 36.4 Å². The summed E-state index contributed by atoms with van der Waals surface area (Å²) in [5, 5.41) is 7.08. The van der Waals surface area contributed by atoms with Crippen LogP contribution >= 0.6 is 47.0 Å². The Balaban J connectivity index is 1.29. The van der Waals surface area contributed by atoms with E-state index in [0.29, 0.717) is 70.4 Å². The predicted molar refractivity (Wildman–Crippen MR) is 163 cm³/mol. The minimum absolute atomic E-state index is 0.127. The molecule has 0 bridgehead atoms. The minimum Gasteiger partial charge on any atom is -0.457 e. The highest BCUT2D eigenvalue weighted by atomic mass is 35.5. The standard InChI is InChI=1S/C28H27Cl3N4O3S/c1-2-4-26(37)35-15-13-34(14-16-35)23-10-7-18(17-22(23)30)32-28(39)33-25(36)12-9-19-8-11-24(38-19)20-5-3-6-21(29)27(20)31/h3,5-12,17H,2,4,13-16H2,1H3,(H2,32,33,36,39). The second-order valence-corrected chi connectivity index (χ2v) is 10.5. The van der Waals surface area contributed by atoms with Gasteiger partial charge in [0.25, 0.3) is 0 Å². The normalized spacial score (nSPS) is 13.5. The van der Waals surface area contributed by atoms with Crippen molar-refractivity contribution in [3.8, 4) is 11.3 Å². The van der Waals surface area contributed by atoms with Gasteiger partial charge in [-0.15, -0.1) is 0 Å². The van der Waals surface area contributed by atoms with Gasteiger partial charge in [-0.25, -0.2) is 0 Å². The van der Waals surface area contributed by atoms with Crippen molar-refractivity contribution in [3.63, 3.8) is 0 Å². The van der Waals surface area contributed by atoms with Crippen LogP contribution in [0.25, 0.3) is 17.4 Å². The van der Waals surface area contributed by atoms with E-state index in [4.69, 9.17) is 51.4 Å². The molecule has 0 saturated carbocycles. The molecule has 11 heteroatoms. The van der Waals surface area contributed by atoms with Crippen molar-refractivity contribution in [3.05, 3.63) is 75.4 Å². The number of furan rings is 1. The number of hydrogen-bond donors (Lipinski definition) is 2. The van der Waals surface area contributed by atoms with Crippen molar-refractivity contribution in [1.29, 1.82) is 0 Å². The van der Waals surface area contributed by atoms with Crippen molar-refractivity contribution in [2.24, 2.45) is 0 Å². The van der Waals surface area contributed by atoms with Crippen LogP contribution in [0.2, 0.25) is 15.1 Å². The number of amides is 2. The van der Waals surface area contributed by atoms with Crippen LogP contribution in [0.5, 0.6) is 0 Å². The van der Waals surface area contributed by atoms with E-state index in [9.17, 15) is 9.59 Å². The first-order valence-corrected chi connectivity index (χ1v) is 14.0. The first-order valence-electron chi connectivity index (χ1n) is 12.4. The van der Waals surface area contributed by atoms with E-state index < -0.39 is 5.91 Å². The van der Waals surface area contributed by atoms with Gasteiger partial charge in [0.15, 0.2) is 5.11 Å². The Morgan fingerprint density at radius 2 is 1.79 bits per heavy atom. The summed E-state index contributed by atoms with van der Waals surface area (Å²) in [6, 6.07) is 14.2. The second kappa shape index (κ2) is 13.3. The molecule has 1 fully saturated rings. The molecule has 2 aromatic carbocycles. The minimum atomic E-state index is -0.426. The maximum atomic E-state index is 12.4. The molecule has 2 amide bonds. The fraction of sp³-hybridized carbons (Fsp3) is 0.250. The van der Waals surface area contributed by atoms with Gasteiger partial charge in [-0.3, -0.25) is 14.9 Å². The van der Waals surface area contributed by atoms with Crippen LogP contribution in [0.1, 0.15) is 25.5 Å². The highest BCUT2D eigenvalue weighted by Gasteiger charge is 2.22. The third-order valence-corrected chi connectivity index (χ3v) is 7.45. The van der Waals surface area contributed by atoms with Gasteiger partial charge in [0.1, 0.15) is 11.5 Å². The van der Waals surface area contributed by atoms with Crippen molar-refractivity contribution >= 4 is 81.4 Å². The van der Waals surface area contributed by atoms with E-state index in [-0.39, 0.29) is 11.0 Å². The van der Waals surface area contributed by atoms with Gasteiger partial charge in [0.2, 0.25) is 11.8 Å². The molecular weight excluding hydrogens is 579 g/mol. The number of anilines is 2. The Kier molecular flexibility index (Phi) is 9.91. The van der Waals surface area contributed by atoms with E-state index in [1.165, 1.54) is 12.2 Å². The summed E-state index contributed by atoms with van der Waals surface area (Å²) < 4.78 is 5.76. The molecule has 1 aliphatic rings. The highest BCUT2D eigenvalue weighted by molar-refractivity contribution is 7.80. The average Bonchev–Trinajstić information content (AvgIpc) is 3.38. The van der Waals surface area contributed by atoms with Crippen LogP contribution in [0.15, 0.2) is 59.0 Å². The van der Waals surface area contributed by atoms with E-state index in [0.717, 1.165) is 12.1 Å². The van der Waals surface area contributed by atoms with Gasteiger partial charge in [-0.2, -0.15) is 0 Å². The van der Waals surface area contributed by atoms with Gasteiger partial charge in [-0.05, 0) is 67.2 Å². The number of nitrogens with zero attached hydrogens (tertiary/aromatic N) is 2. The monoisotopic (exact) mass is 604 g/mol. The molecule has 0 spiro atoms. The Morgan fingerprint density at radius 3 is 2.51 bits per heavy atom. The number of carbonyl (C=O) groups is 2. The molecular formula is C28H27Cl3N4O3S. The molecule has 0 aliphatic carbocycles. The number of hydrogen-bond acceptors (Lipinski definition) is 5. The zero-order valence-electron chi connectivity index (χ0n) is 21.2. The SMILES string of the molecule is CCCC(=O)N1CCN(c2ccc(NC(=S)NC(=O)C=Cc3ccc(-c4cccc(Cl)c4Cl)o3)cc2Cl)CC1. The fourth-order valence-electron chi connectivity index (χ4n) is 4.16. The maximum absolute atomic E-state index is 12.4. The molecule has 4 rings (SSSR count). The Labute approximate surface area is 247 Å². The average molecular weight is 606 g/mol. The maximum Gasteiger partial charge on any atom is 0.250 e. The molecule has 0 unspecified atom stereocenters. The molecule has 0 radical (unpaired) electrons. The van der Waals surface area contributed by atoms with Gasteiger partial charge < -0.3 is 19.5 Å². The first-order chi connectivity index (χ1) is 18.7. The number of rotatable bonds is 7. The summed E-state index contributed by atoms with van der Waals surface area (Å²) in [4.78, 5) is 28.6. The van der Waals surface area contributed by atoms with Crippen LogP contribution in [0, 0.1) is 0 Å². The molecule has 0 atom stereocenters. The smallest absolute Gasteiger partial charge is 0.250 e. The number of carbonyl (C=O) groups excluding carboxylic acids is 2. The molecule has 204 valence electrons. The third-order valence-electron chi connectivity index (χ3n) is 6.12. The number of thiocarbonyl (C=S) groups is 1. The van der Waals surface area contributed by atoms with Crippen molar-refractivity contribution in [1.82, 2.24) is 10.2 Å². The van der Waals surface area contributed by atoms with Gasteiger partial charge in [0.05, 0.1) is 20.8 Å². The Bertz CT molecular complexity index is 1400. The van der Waals surface area contributed by atoms with Gasteiger partial charge in [-0.1, -0.05) is 47.8 Å². The van der Waals surface area contributed by atoms with E-state index >= 15 is 0 Å². The molecule has 2 heterocycles. The summed E-state index contributed by atoms with van der Waals surface area (Å²) in [6.45, 7) is 4.78. The van der Waals surface area contributed by atoms with Crippen LogP contribution in [-0.4, -0.2) is 48.0 Å². The Hall–Kier alpha value is -3.04.